The lowest BCUT2D eigenvalue weighted by Crippen LogP contribution is -1.88. The van der Waals surface area contributed by atoms with E-state index in [1.807, 2.05) is 41.1 Å². The molecular weight excluding hydrogens is 404 g/mol. The van der Waals surface area contributed by atoms with Gasteiger partial charge in [0, 0.05) is 34.0 Å². The van der Waals surface area contributed by atoms with Crippen LogP contribution in [0.25, 0.3) is 33.5 Å². The van der Waals surface area contributed by atoms with Gasteiger partial charge in [0.1, 0.15) is 16.1 Å². The second-order valence-corrected chi connectivity index (χ2v) is 7.67. The number of hydrogen-bond acceptors (Lipinski definition) is 7. The Morgan fingerprint density at radius 3 is 2.59 bits per heavy atom. The van der Waals surface area contributed by atoms with Gasteiger partial charge in [0.2, 0.25) is 0 Å². The van der Waals surface area contributed by atoms with E-state index in [1.165, 1.54) is 34.8 Å². The van der Waals surface area contributed by atoms with Crippen molar-refractivity contribution in [3.63, 3.8) is 0 Å². The molecule has 0 unspecified atom stereocenters. The van der Waals surface area contributed by atoms with Crippen LogP contribution < -0.4 is 0 Å². The summed E-state index contributed by atoms with van der Waals surface area (Å²) in [5.41, 5.74) is 3.54. The summed E-state index contributed by atoms with van der Waals surface area (Å²) in [5.74, 6) is 0. The van der Waals surface area contributed by atoms with Crippen molar-refractivity contribution >= 4 is 40.0 Å². The lowest BCUT2D eigenvalue weighted by molar-refractivity contribution is -0.384. The fourth-order valence-corrected chi connectivity index (χ4v) is 4.24. The van der Waals surface area contributed by atoms with E-state index in [0.29, 0.717) is 26.8 Å². The SMILES string of the molecule is N#CC(=Cc1csc(-c2cccc([N+](=O)[O-])c2)n1)c1nc(-c2ccccc2)cs1. The molecule has 0 atom stereocenters. The van der Waals surface area contributed by atoms with Gasteiger partial charge in [-0.2, -0.15) is 5.26 Å². The Balaban J connectivity index is 1.62. The predicted octanol–water partition coefficient (Wildman–Crippen LogP) is 5.91. The monoisotopic (exact) mass is 416 g/mol. The Morgan fingerprint density at radius 2 is 1.83 bits per heavy atom. The minimum absolute atomic E-state index is 0.0173. The van der Waals surface area contributed by atoms with Crippen molar-refractivity contribution in [2.75, 3.05) is 0 Å². The van der Waals surface area contributed by atoms with E-state index in [1.54, 1.807) is 18.2 Å². The summed E-state index contributed by atoms with van der Waals surface area (Å²) >= 11 is 2.77. The molecule has 2 heterocycles. The van der Waals surface area contributed by atoms with Crippen molar-refractivity contribution < 1.29 is 4.92 Å². The van der Waals surface area contributed by atoms with Crippen molar-refractivity contribution in [1.29, 1.82) is 5.26 Å². The van der Waals surface area contributed by atoms with Crippen LogP contribution in [-0.4, -0.2) is 14.9 Å². The molecule has 0 saturated carbocycles. The summed E-state index contributed by atoms with van der Waals surface area (Å²) in [4.78, 5) is 19.6. The maximum Gasteiger partial charge on any atom is 0.270 e. The van der Waals surface area contributed by atoms with E-state index < -0.39 is 4.92 Å². The quantitative estimate of drug-likeness (QED) is 0.229. The number of aromatic nitrogens is 2. The summed E-state index contributed by atoms with van der Waals surface area (Å²) in [6.07, 6.45) is 1.69. The molecule has 0 spiro atoms. The van der Waals surface area contributed by atoms with Crippen LogP contribution >= 0.6 is 22.7 Å². The Morgan fingerprint density at radius 1 is 1.03 bits per heavy atom. The second kappa shape index (κ2) is 8.14. The lowest BCUT2D eigenvalue weighted by Gasteiger charge is -1.96. The van der Waals surface area contributed by atoms with Gasteiger partial charge in [-0.15, -0.1) is 22.7 Å². The zero-order valence-corrected chi connectivity index (χ0v) is 16.5. The number of nitrogens with zero attached hydrogens (tertiary/aromatic N) is 4. The Bertz CT molecular complexity index is 1250. The molecule has 6 nitrogen and oxygen atoms in total. The zero-order valence-electron chi connectivity index (χ0n) is 14.9. The highest BCUT2D eigenvalue weighted by molar-refractivity contribution is 7.13. The highest BCUT2D eigenvalue weighted by atomic mass is 32.1. The van der Waals surface area contributed by atoms with E-state index in [0.717, 1.165) is 11.3 Å². The molecule has 0 aliphatic rings. The third-order valence-electron chi connectivity index (χ3n) is 4.04. The van der Waals surface area contributed by atoms with Crippen LogP contribution in [0.5, 0.6) is 0 Å². The van der Waals surface area contributed by atoms with Gasteiger partial charge < -0.3 is 0 Å². The second-order valence-electron chi connectivity index (χ2n) is 5.96. The molecule has 140 valence electrons. The molecule has 0 amide bonds. The fraction of sp³-hybridized carbons (Fsp3) is 0. The summed E-state index contributed by atoms with van der Waals surface area (Å²) in [5, 5.41) is 25.6. The van der Waals surface area contributed by atoms with E-state index in [-0.39, 0.29) is 5.69 Å². The molecule has 0 radical (unpaired) electrons. The summed E-state index contributed by atoms with van der Waals surface area (Å²) in [6.45, 7) is 0. The number of benzene rings is 2. The highest BCUT2D eigenvalue weighted by Crippen LogP contribution is 2.30. The summed E-state index contributed by atoms with van der Waals surface area (Å²) in [6, 6.07) is 18.3. The number of hydrogen-bond donors (Lipinski definition) is 0. The van der Waals surface area contributed by atoms with Crippen molar-refractivity contribution in [3.8, 4) is 27.9 Å². The Hall–Kier alpha value is -3.67. The number of nitro groups is 1. The zero-order chi connectivity index (χ0) is 20.2. The van der Waals surface area contributed by atoms with Crippen LogP contribution in [0, 0.1) is 21.4 Å². The first-order chi connectivity index (χ1) is 14.1. The van der Waals surface area contributed by atoms with Crippen LogP contribution in [0.4, 0.5) is 5.69 Å². The minimum Gasteiger partial charge on any atom is -0.258 e. The first-order valence-electron chi connectivity index (χ1n) is 8.47. The van der Waals surface area contributed by atoms with Gasteiger partial charge in [-0.1, -0.05) is 42.5 Å². The van der Waals surface area contributed by atoms with Crippen LogP contribution in [0.2, 0.25) is 0 Å². The van der Waals surface area contributed by atoms with Crippen molar-refractivity contribution in [2.24, 2.45) is 0 Å². The standard InChI is InChI=1S/C21H12N4O2S2/c22-11-16(21-24-19(13-29-21)14-5-2-1-3-6-14)9-17-12-28-20(23-17)15-7-4-8-18(10-15)25(26)27/h1-10,12-13H. The van der Waals surface area contributed by atoms with Gasteiger partial charge in [-0.05, 0) is 6.08 Å². The van der Waals surface area contributed by atoms with Gasteiger partial charge in [-0.25, -0.2) is 9.97 Å². The molecule has 0 saturated heterocycles. The number of nitriles is 1. The molecule has 0 fully saturated rings. The third kappa shape index (κ3) is 4.11. The van der Waals surface area contributed by atoms with Crippen LogP contribution in [0.15, 0.2) is 65.4 Å². The fourth-order valence-electron chi connectivity index (χ4n) is 2.67. The smallest absolute Gasteiger partial charge is 0.258 e. The van der Waals surface area contributed by atoms with E-state index in [4.69, 9.17) is 0 Å². The van der Waals surface area contributed by atoms with E-state index in [9.17, 15) is 15.4 Å². The molecule has 0 N–H and O–H groups in total. The van der Waals surface area contributed by atoms with Gasteiger partial charge in [0.15, 0.2) is 0 Å². The summed E-state index contributed by atoms with van der Waals surface area (Å²) < 4.78 is 0. The molecule has 0 aliphatic carbocycles. The van der Waals surface area contributed by atoms with Crippen LogP contribution in [-0.2, 0) is 0 Å². The topological polar surface area (TPSA) is 92.7 Å². The molecule has 8 heteroatoms. The molecule has 29 heavy (non-hydrogen) atoms. The van der Waals surface area contributed by atoms with Gasteiger partial charge in [0.25, 0.3) is 5.69 Å². The van der Waals surface area contributed by atoms with E-state index >= 15 is 0 Å². The van der Waals surface area contributed by atoms with Crippen LogP contribution in [0.3, 0.4) is 0 Å². The highest BCUT2D eigenvalue weighted by Gasteiger charge is 2.12. The van der Waals surface area contributed by atoms with Gasteiger partial charge >= 0.3 is 0 Å². The average Bonchev–Trinajstić information content (AvgIpc) is 3.43. The molecule has 4 aromatic rings. The normalized spacial score (nSPS) is 11.2. The predicted molar refractivity (Wildman–Crippen MR) is 115 cm³/mol. The third-order valence-corrected chi connectivity index (χ3v) is 5.83. The summed E-state index contributed by atoms with van der Waals surface area (Å²) in [7, 11) is 0. The average molecular weight is 416 g/mol. The molecule has 0 aliphatic heterocycles. The Kier molecular flexibility index (Phi) is 5.24. The largest absolute Gasteiger partial charge is 0.270 e. The molecule has 2 aromatic carbocycles. The first-order valence-corrected chi connectivity index (χ1v) is 10.2. The van der Waals surface area contributed by atoms with Gasteiger partial charge in [0.05, 0.1) is 21.9 Å². The number of nitro benzene ring substituents is 1. The van der Waals surface area contributed by atoms with Crippen molar-refractivity contribution in [1.82, 2.24) is 9.97 Å². The molecule has 2 aromatic heterocycles. The van der Waals surface area contributed by atoms with Gasteiger partial charge in [-0.3, -0.25) is 10.1 Å². The van der Waals surface area contributed by atoms with Crippen molar-refractivity contribution in [3.05, 3.63) is 86.2 Å². The van der Waals surface area contributed by atoms with Crippen LogP contribution in [0.1, 0.15) is 10.7 Å². The number of allylic oxidation sites excluding steroid dienone is 1. The number of rotatable bonds is 5. The molecular formula is C21H12N4O2S2. The van der Waals surface area contributed by atoms with E-state index in [2.05, 4.69) is 16.0 Å². The minimum atomic E-state index is -0.432. The van der Waals surface area contributed by atoms with Crippen molar-refractivity contribution in [2.45, 2.75) is 0 Å². The molecule has 4 rings (SSSR count). The number of non-ortho nitro benzene ring substituents is 1. The maximum absolute atomic E-state index is 11.0. The molecule has 0 bridgehead atoms. The Labute approximate surface area is 174 Å². The first kappa shape index (κ1) is 18.7. The lowest BCUT2D eigenvalue weighted by atomic mass is 10.2. The maximum atomic E-state index is 11.0. The number of thiazole rings is 2.